The van der Waals surface area contributed by atoms with Gasteiger partial charge in [-0.25, -0.2) is 4.98 Å². The van der Waals surface area contributed by atoms with Crippen molar-refractivity contribution in [3.8, 4) is 5.88 Å². The first-order chi connectivity index (χ1) is 7.76. The van der Waals surface area contributed by atoms with E-state index in [-0.39, 0.29) is 0 Å². The van der Waals surface area contributed by atoms with E-state index in [1.807, 2.05) is 14.0 Å². The van der Waals surface area contributed by atoms with E-state index < -0.39 is 0 Å². The minimum absolute atomic E-state index is 0.552. The Kier molecular flexibility index (Phi) is 3.27. The summed E-state index contributed by atoms with van der Waals surface area (Å²) in [6.45, 7) is 4.80. The van der Waals surface area contributed by atoms with E-state index in [0.717, 1.165) is 29.5 Å². The summed E-state index contributed by atoms with van der Waals surface area (Å²) in [6, 6.07) is 0. The van der Waals surface area contributed by atoms with Crippen molar-refractivity contribution in [2.75, 3.05) is 19.0 Å². The SMILES string of the molecule is CCCOc1nc(C2CC2)nc(NC)c1C. The molecule has 1 fully saturated rings. The highest BCUT2D eigenvalue weighted by Crippen LogP contribution is 2.39. The minimum atomic E-state index is 0.552. The molecule has 0 radical (unpaired) electrons. The smallest absolute Gasteiger partial charge is 0.221 e. The van der Waals surface area contributed by atoms with Crippen molar-refractivity contribution >= 4 is 5.82 Å². The molecule has 88 valence electrons. The highest BCUT2D eigenvalue weighted by molar-refractivity contribution is 5.48. The van der Waals surface area contributed by atoms with Crippen molar-refractivity contribution in [1.82, 2.24) is 9.97 Å². The van der Waals surface area contributed by atoms with Crippen LogP contribution in [0, 0.1) is 6.92 Å². The van der Waals surface area contributed by atoms with Crippen LogP contribution in [-0.4, -0.2) is 23.6 Å². The summed E-state index contributed by atoms with van der Waals surface area (Å²) in [5, 5.41) is 3.10. The van der Waals surface area contributed by atoms with Gasteiger partial charge in [0.15, 0.2) is 0 Å². The molecular formula is C12H19N3O. The summed E-state index contributed by atoms with van der Waals surface area (Å²) < 4.78 is 5.66. The second kappa shape index (κ2) is 4.68. The lowest BCUT2D eigenvalue weighted by atomic mass is 10.3. The van der Waals surface area contributed by atoms with E-state index in [1.54, 1.807) is 0 Å². The zero-order valence-corrected chi connectivity index (χ0v) is 10.2. The molecule has 0 aromatic carbocycles. The number of hydrogen-bond donors (Lipinski definition) is 1. The fourth-order valence-electron chi connectivity index (χ4n) is 1.62. The molecular weight excluding hydrogens is 202 g/mol. The van der Waals surface area contributed by atoms with Crippen molar-refractivity contribution in [1.29, 1.82) is 0 Å². The minimum Gasteiger partial charge on any atom is -0.477 e. The number of anilines is 1. The van der Waals surface area contributed by atoms with Crippen LogP contribution in [0.2, 0.25) is 0 Å². The van der Waals surface area contributed by atoms with Crippen LogP contribution in [0.1, 0.15) is 43.5 Å². The molecule has 0 amide bonds. The molecule has 4 nitrogen and oxygen atoms in total. The predicted molar refractivity (Wildman–Crippen MR) is 64.1 cm³/mol. The summed E-state index contributed by atoms with van der Waals surface area (Å²) in [5.74, 6) is 3.11. The fourth-order valence-corrected chi connectivity index (χ4v) is 1.62. The maximum absolute atomic E-state index is 5.66. The Morgan fingerprint density at radius 2 is 2.12 bits per heavy atom. The Labute approximate surface area is 96.4 Å². The van der Waals surface area contributed by atoms with E-state index >= 15 is 0 Å². The summed E-state index contributed by atoms with van der Waals surface area (Å²) in [4.78, 5) is 9.03. The Balaban J connectivity index is 2.28. The molecule has 1 saturated carbocycles. The number of rotatable bonds is 5. The molecule has 0 aliphatic heterocycles. The van der Waals surface area contributed by atoms with Gasteiger partial charge in [0, 0.05) is 13.0 Å². The van der Waals surface area contributed by atoms with Crippen LogP contribution in [0.25, 0.3) is 0 Å². The van der Waals surface area contributed by atoms with Crippen molar-refractivity contribution in [2.24, 2.45) is 0 Å². The van der Waals surface area contributed by atoms with Gasteiger partial charge in [0.1, 0.15) is 11.6 Å². The monoisotopic (exact) mass is 221 g/mol. The molecule has 0 unspecified atom stereocenters. The standard InChI is InChI=1S/C12H19N3O/c1-4-7-16-12-8(2)10(13-3)14-11(15-12)9-5-6-9/h9H,4-7H2,1-3H3,(H,13,14,15). The van der Waals surface area contributed by atoms with E-state index in [9.17, 15) is 0 Å². The quantitative estimate of drug-likeness (QED) is 0.829. The second-order valence-corrected chi connectivity index (χ2v) is 4.23. The van der Waals surface area contributed by atoms with E-state index in [4.69, 9.17) is 4.74 Å². The lowest BCUT2D eigenvalue weighted by Gasteiger charge is -2.12. The Morgan fingerprint density at radius 3 is 2.69 bits per heavy atom. The molecule has 4 heteroatoms. The maximum Gasteiger partial charge on any atom is 0.221 e. The van der Waals surface area contributed by atoms with Gasteiger partial charge in [-0.15, -0.1) is 0 Å². The number of hydrogen-bond acceptors (Lipinski definition) is 4. The van der Waals surface area contributed by atoms with Gasteiger partial charge < -0.3 is 10.1 Å². The molecule has 0 spiro atoms. The van der Waals surface area contributed by atoms with Crippen LogP contribution in [0.15, 0.2) is 0 Å². The molecule has 0 atom stereocenters. The summed E-state index contributed by atoms with van der Waals surface area (Å²) in [5.41, 5.74) is 1.00. The summed E-state index contributed by atoms with van der Waals surface area (Å²) in [7, 11) is 1.88. The van der Waals surface area contributed by atoms with Crippen LogP contribution in [0.5, 0.6) is 5.88 Å². The van der Waals surface area contributed by atoms with Gasteiger partial charge in [0.2, 0.25) is 5.88 Å². The molecule has 16 heavy (non-hydrogen) atoms. The van der Waals surface area contributed by atoms with Crippen LogP contribution < -0.4 is 10.1 Å². The first kappa shape index (κ1) is 11.2. The van der Waals surface area contributed by atoms with Crippen LogP contribution >= 0.6 is 0 Å². The lowest BCUT2D eigenvalue weighted by molar-refractivity contribution is 0.301. The zero-order chi connectivity index (χ0) is 11.5. The third kappa shape index (κ3) is 2.26. The van der Waals surface area contributed by atoms with Gasteiger partial charge in [0.25, 0.3) is 0 Å². The molecule has 1 aliphatic rings. The Bertz CT molecular complexity index is 375. The van der Waals surface area contributed by atoms with Crippen LogP contribution in [0.3, 0.4) is 0 Å². The van der Waals surface area contributed by atoms with E-state index in [1.165, 1.54) is 12.8 Å². The highest BCUT2D eigenvalue weighted by atomic mass is 16.5. The largest absolute Gasteiger partial charge is 0.477 e. The number of nitrogens with zero attached hydrogens (tertiary/aromatic N) is 2. The average Bonchev–Trinajstić information content (AvgIpc) is 3.11. The van der Waals surface area contributed by atoms with Crippen molar-refractivity contribution in [2.45, 2.75) is 39.0 Å². The topological polar surface area (TPSA) is 47.0 Å². The Morgan fingerprint density at radius 1 is 1.38 bits per heavy atom. The molecule has 0 bridgehead atoms. The van der Waals surface area contributed by atoms with Gasteiger partial charge in [-0.05, 0) is 26.2 Å². The fraction of sp³-hybridized carbons (Fsp3) is 0.667. The molecule has 0 saturated heterocycles. The lowest BCUT2D eigenvalue weighted by Crippen LogP contribution is -2.07. The summed E-state index contributed by atoms with van der Waals surface area (Å²) >= 11 is 0. The number of ether oxygens (including phenoxy) is 1. The van der Waals surface area contributed by atoms with Crippen LogP contribution in [-0.2, 0) is 0 Å². The van der Waals surface area contributed by atoms with Crippen molar-refractivity contribution < 1.29 is 4.74 Å². The zero-order valence-electron chi connectivity index (χ0n) is 10.2. The van der Waals surface area contributed by atoms with Crippen molar-refractivity contribution in [3.05, 3.63) is 11.4 Å². The number of nitrogens with one attached hydrogen (secondary N) is 1. The molecule has 1 aliphatic carbocycles. The number of aromatic nitrogens is 2. The molecule has 1 heterocycles. The molecule has 1 N–H and O–H groups in total. The molecule has 1 aromatic heterocycles. The normalized spacial score (nSPS) is 14.9. The average molecular weight is 221 g/mol. The van der Waals surface area contributed by atoms with Gasteiger partial charge in [-0.1, -0.05) is 6.92 Å². The molecule has 1 aromatic rings. The van der Waals surface area contributed by atoms with Gasteiger partial charge in [-0.3, -0.25) is 0 Å². The van der Waals surface area contributed by atoms with Gasteiger partial charge in [0.05, 0.1) is 12.2 Å². The van der Waals surface area contributed by atoms with E-state index in [2.05, 4.69) is 22.2 Å². The van der Waals surface area contributed by atoms with Gasteiger partial charge in [-0.2, -0.15) is 4.98 Å². The highest BCUT2D eigenvalue weighted by Gasteiger charge is 2.28. The maximum atomic E-state index is 5.66. The van der Waals surface area contributed by atoms with Gasteiger partial charge >= 0.3 is 0 Å². The Hall–Kier alpha value is -1.32. The first-order valence-corrected chi connectivity index (χ1v) is 5.95. The van der Waals surface area contributed by atoms with Crippen molar-refractivity contribution in [3.63, 3.8) is 0 Å². The molecule has 2 rings (SSSR count). The summed E-state index contributed by atoms with van der Waals surface area (Å²) in [6.07, 6.45) is 3.41. The van der Waals surface area contributed by atoms with Crippen LogP contribution in [0.4, 0.5) is 5.82 Å². The third-order valence-corrected chi connectivity index (χ3v) is 2.74. The predicted octanol–water partition coefficient (Wildman–Crippen LogP) is 2.49. The second-order valence-electron chi connectivity index (χ2n) is 4.23. The van der Waals surface area contributed by atoms with E-state index in [0.29, 0.717) is 12.5 Å². The third-order valence-electron chi connectivity index (χ3n) is 2.74. The first-order valence-electron chi connectivity index (χ1n) is 5.95.